The van der Waals surface area contributed by atoms with Gasteiger partial charge >= 0.3 is 11.9 Å². The summed E-state index contributed by atoms with van der Waals surface area (Å²) in [6.45, 7) is 5.81. The van der Waals surface area contributed by atoms with Crippen molar-refractivity contribution in [2.24, 2.45) is 5.92 Å². The van der Waals surface area contributed by atoms with Gasteiger partial charge in [0.2, 0.25) is 0 Å². The van der Waals surface area contributed by atoms with Gasteiger partial charge in [-0.1, -0.05) is 26.0 Å². The van der Waals surface area contributed by atoms with Gasteiger partial charge in [-0.3, -0.25) is 4.79 Å². The van der Waals surface area contributed by atoms with Crippen molar-refractivity contribution < 1.29 is 23.9 Å². The Morgan fingerprint density at radius 1 is 1.10 bits per heavy atom. The molecule has 1 amide bonds. The van der Waals surface area contributed by atoms with Crippen LogP contribution in [0, 0.1) is 5.92 Å². The van der Waals surface area contributed by atoms with Crippen LogP contribution in [-0.2, 0) is 22.5 Å². The molecule has 0 aliphatic carbocycles. The summed E-state index contributed by atoms with van der Waals surface area (Å²) >= 11 is 0.957. The highest BCUT2D eigenvalue weighted by Crippen LogP contribution is 2.32. The number of hydrogen-bond donors (Lipinski definition) is 2. The van der Waals surface area contributed by atoms with E-state index in [-0.39, 0.29) is 34.2 Å². The Morgan fingerprint density at radius 3 is 2.31 bits per heavy atom. The molecule has 8 heteroatoms. The summed E-state index contributed by atoms with van der Waals surface area (Å²) in [5.41, 5.74) is 7.77. The molecule has 0 aliphatic rings. The van der Waals surface area contributed by atoms with Gasteiger partial charge in [-0.15, -0.1) is 11.3 Å². The van der Waals surface area contributed by atoms with Crippen molar-refractivity contribution in [2.75, 3.05) is 19.4 Å². The van der Waals surface area contributed by atoms with Crippen LogP contribution in [0.25, 0.3) is 0 Å². The number of nitrogens with two attached hydrogens (primary N) is 1. The number of anilines is 1. The Morgan fingerprint density at radius 2 is 1.76 bits per heavy atom. The van der Waals surface area contributed by atoms with Crippen LogP contribution in [0.3, 0.4) is 0 Å². The lowest BCUT2D eigenvalue weighted by atomic mass is 10.0. The molecular weight excluding hydrogens is 392 g/mol. The van der Waals surface area contributed by atoms with Crippen molar-refractivity contribution in [3.8, 4) is 0 Å². The van der Waals surface area contributed by atoms with Crippen LogP contribution in [0.4, 0.5) is 5.00 Å². The SMILES string of the molecule is CCOC(=O)c1c(N)sc(C(=O)NC)c1COC(=O)c1ccc(CC(C)C)cc1. The Hall–Kier alpha value is -2.87. The lowest BCUT2D eigenvalue weighted by molar-refractivity contribution is 0.0449. The van der Waals surface area contributed by atoms with E-state index in [9.17, 15) is 14.4 Å². The molecule has 0 saturated heterocycles. The second-order valence-corrected chi connectivity index (χ2v) is 7.87. The number of nitrogens with one attached hydrogen (secondary N) is 1. The van der Waals surface area contributed by atoms with E-state index < -0.39 is 17.8 Å². The number of carbonyl (C=O) groups is 3. The van der Waals surface area contributed by atoms with Crippen molar-refractivity contribution in [3.05, 3.63) is 51.4 Å². The number of amides is 1. The van der Waals surface area contributed by atoms with Gasteiger partial charge in [-0.05, 0) is 37.0 Å². The molecule has 1 aromatic heterocycles. The molecule has 0 unspecified atom stereocenters. The molecule has 0 radical (unpaired) electrons. The minimum atomic E-state index is -0.652. The first-order valence-corrected chi connectivity index (χ1v) is 10.2. The second-order valence-electron chi connectivity index (χ2n) is 6.82. The summed E-state index contributed by atoms with van der Waals surface area (Å²) in [7, 11) is 1.47. The minimum Gasteiger partial charge on any atom is -0.462 e. The van der Waals surface area contributed by atoms with Crippen LogP contribution in [-0.4, -0.2) is 31.5 Å². The van der Waals surface area contributed by atoms with Crippen LogP contribution in [0.2, 0.25) is 0 Å². The normalized spacial score (nSPS) is 10.7. The molecule has 29 heavy (non-hydrogen) atoms. The molecule has 0 aliphatic heterocycles. The lowest BCUT2D eigenvalue weighted by Gasteiger charge is -2.10. The van der Waals surface area contributed by atoms with Crippen molar-refractivity contribution in [3.63, 3.8) is 0 Å². The molecule has 156 valence electrons. The Bertz CT molecular complexity index is 887. The van der Waals surface area contributed by atoms with E-state index >= 15 is 0 Å². The van der Waals surface area contributed by atoms with Gasteiger partial charge < -0.3 is 20.5 Å². The molecular formula is C21H26N2O5S. The molecule has 0 spiro atoms. The van der Waals surface area contributed by atoms with Crippen LogP contribution < -0.4 is 11.1 Å². The molecule has 0 saturated carbocycles. The van der Waals surface area contributed by atoms with Gasteiger partial charge in [0.05, 0.1) is 12.2 Å². The van der Waals surface area contributed by atoms with Gasteiger partial charge in [0.15, 0.2) is 0 Å². The number of carbonyl (C=O) groups excluding carboxylic acids is 3. The predicted molar refractivity (Wildman–Crippen MR) is 112 cm³/mol. The molecule has 1 heterocycles. The zero-order valence-corrected chi connectivity index (χ0v) is 17.9. The number of esters is 2. The zero-order valence-electron chi connectivity index (χ0n) is 17.0. The molecule has 2 aromatic rings. The number of thiophene rings is 1. The summed E-state index contributed by atoms with van der Waals surface area (Å²) in [6.07, 6.45) is 0.919. The van der Waals surface area contributed by atoms with E-state index in [2.05, 4.69) is 19.2 Å². The maximum Gasteiger partial charge on any atom is 0.341 e. The molecule has 0 atom stereocenters. The fourth-order valence-electron chi connectivity index (χ4n) is 2.82. The topological polar surface area (TPSA) is 108 Å². The highest BCUT2D eigenvalue weighted by molar-refractivity contribution is 7.18. The number of benzene rings is 1. The summed E-state index contributed by atoms with van der Waals surface area (Å²) in [5, 5.41) is 2.64. The third kappa shape index (κ3) is 5.57. The largest absolute Gasteiger partial charge is 0.462 e. The first-order chi connectivity index (χ1) is 13.8. The molecule has 3 N–H and O–H groups in total. The maximum atomic E-state index is 12.4. The molecule has 0 fully saturated rings. The Balaban J connectivity index is 2.22. The van der Waals surface area contributed by atoms with E-state index in [1.165, 1.54) is 7.05 Å². The second kappa shape index (κ2) is 10.1. The highest BCUT2D eigenvalue weighted by Gasteiger charge is 2.27. The Kier molecular flexibility index (Phi) is 7.78. The summed E-state index contributed by atoms with van der Waals surface area (Å²) in [6, 6.07) is 7.18. The van der Waals surface area contributed by atoms with Gasteiger partial charge in [0.1, 0.15) is 22.0 Å². The van der Waals surface area contributed by atoms with E-state index in [1.807, 2.05) is 12.1 Å². The van der Waals surface area contributed by atoms with Gasteiger partial charge in [0.25, 0.3) is 5.91 Å². The van der Waals surface area contributed by atoms with Gasteiger partial charge in [-0.2, -0.15) is 0 Å². The fraction of sp³-hybridized carbons (Fsp3) is 0.381. The van der Waals surface area contributed by atoms with E-state index in [0.717, 1.165) is 23.3 Å². The monoisotopic (exact) mass is 418 g/mol. The van der Waals surface area contributed by atoms with Crippen LogP contribution in [0.1, 0.15) is 62.3 Å². The number of rotatable bonds is 8. The standard InChI is InChI=1S/C21H26N2O5S/c1-5-27-21(26)16-15(17(19(24)23-4)29-18(16)22)11-28-20(25)14-8-6-13(7-9-14)10-12(2)3/h6-9,12H,5,10-11,22H2,1-4H3,(H,23,24). The van der Waals surface area contributed by atoms with Crippen LogP contribution in [0.15, 0.2) is 24.3 Å². The smallest absolute Gasteiger partial charge is 0.341 e. The average Bonchev–Trinajstić information content (AvgIpc) is 3.02. The molecule has 1 aromatic carbocycles. The van der Waals surface area contributed by atoms with Crippen molar-refractivity contribution in [1.29, 1.82) is 0 Å². The van der Waals surface area contributed by atoms with Gasteiger partial charge in [-0.25, -0.2) is 9.59 Å². The molecule has 0 bridgehead atoms. The third-order valence-corrected chi connectivity index (χ3v) is 5.19. The van der Waals surface area contributed by atoms with E-state index in [4.69, 9.17) is 15.2 Å². The van der Waals surface area contributed by atoms with Crippen molar-refractivity contribution in [2.45, 2.75) is 33.8 Å². The average molecular weight is 419 g/mol. The number of hydrogen-bond acceptors (Lipinski definition) is 7. The summed E-state index contributed by atoms with van der Waals surface area (Å²) in [4.78, 5) is 37.1. The molecule has 7 nitrogen and oxygen atoms in total. The fourth-order valence-corrected chi connectivity index (χ4v) is 3.82. The first kappa shape index (κ1) is 22.4. The predicted octanol–water partition coefficient (Wildman–Crippen LogP) is 3.42. The quantitative estimate of drug-likeness (QED) is 0.636. The maximum absolute atomic E-state index is 12.4. The van der Waals surface area contributed by atoms with Crippen LogP contribution >= 0.6 is 11.3 Å². The third-order valence-electron chi connectivity index (χ3n) is 4.13. The number of nitrogen functional groups attached to an aromatic ring is 1. The van der Waals surface area contributed by atoms with Crippen LogP contribution in [0.5, 0.6) is 0 Å². The summed E-state index contributed by atoms with van der Waals surface area (Å²) in [5.74, 6) is -1.10. The van der Waals surface area contributed by atoms with E-state index in [0.29, 0.717) is 11.5 Å². The van der Waals surface area contributed by atoms with Gasteiger partial charge in [0, 0.05) is 12.6 Å². The van der Waals surface area contributed by atoms with E-state index in [1.54, 1.807) is 19.1 Å². The lowest BCUT2D eigenvalue weighted by Crippen LogP contribution is -2.19. The summed E-state index contributed by atoms with van der Waals surface area (Å²) < 4.78 is 10.4. The highest BCUT2D eigenvalue weighted by atomic mass is 32.1. The first-order valence-electron chi connectivity index (χ1n) is 9.34. The molecule has 2 rings (SSSR count). The van der Waals surface area contributed by atoms with Crippen molar-refractivity contribution >= 4 is 34.2 Å². The zero-order chi connectivity index (χ0) is 21.6. The van der Waals surface area contributed by atoms with Crippen molar-refractivity contribution in [1.82, 2.24) is 5.32 Å². The number of ether oxygens (including phenoxy) is 2. The minimum absolute atomic E-state index is 0.0653. The Labute approximate surface area is 174 Å².